The van der Waals surface area contributed by atoms with Crippen molar-refractivity contribution in [2.24, 2.45) is 0 Å². The molecule has 0 saturated heterocycles. The van der Waals surface area contributed by atoms with Gasteiger partial charge in [0.25, 0.3) is 10.0 Å². The van der Waals surface area contributed by atoms with Crippen LogP contribution in [0.2, 0.25) is 0 Å². The van der Waals surface area contributed by atoms with Gasteiger partial charge in [-0.2, -0.15) is 0 Å². The van der Waals surface area contributed by atoms with Crippen molar-refractivity contribution < 1.29 is 23.1 Å². The Morgan fingerprint density at radius 1 is 1.00 bits per heavy atom. The lowest BCUT2D eigenvalue weighted by Gasteiger charge is -2.16. The Balaban J connectivity index is 1.52. The molecule has 0 amide bonds. The molecule has 3 N–H and O–H groups in total. The highest BCUT2D eigenvalue weighted by atomic mass is 32.2. The number of hydrogen-bond acceptors (Lipinski definition) is 6. The van der Waals surface area contributed by atoms with Crippen LogP contribution in [-0.4, -0.2) is 49.5 Å². The van der Waals surface area contributed by atoms with Crippen LogP contribution in [0.3, 0.4) is 0 Å². The number of anilines is 1. The van der Waals surface area contributed by atoms with Crippen LogP contribution in [0.25, 0.3) is 10.9 Å². The Bertz CT molecular complexity index is 1380. The monoisotopic (exact) mass is 465 g/mol. The molecule has 4 aromatic rings. The van der Waals surface area contributed by atoms with E-state index in [1.54, 1.807) is 44.4 Å². The second-order valence-corrected chi connectivity index (χ2v) is 9.34. The number of ketones is 1. The van der Waals surface area contributed by atoms with Crippen molar-refractivity contribution in [3.05, 3.63) is 84.6 Å². The quantitative estimate of drug-likeness (QED) is 0.269. The summed E-state index contributed by atoms with van der Waals surface area (Å²) in [6.45, 7) is 0. The third-order valence-corrected chi connectivity index (χ3v) is 6.43. The number of aromatic nitrogens is 1. The lowest BCUT2D eigenvalue weighted by Crippen LogP contribution is -2.35. The molecule has 0 fully saturated rings. The Hall–Kier alpha value is -3.66. The van der Waals surface area contributed by atoms with E-state index in [0.717, 1.165) is 0 Å². The van der Waals surface area contributed by atoms with Crippen molar-refractivity contribution in [1.29, 1.82) is 0 Å². The number of sulfonamides is 1. The lowest BCUT2D eigenvalue weighted by atomic mass is 10.1. The smallest absolute Gasteiger partial charge is 0.261 e. The number of hydrogen-bond donors (Lipinski definition) is 3. The molecule has 0 saturated carbocycles. The summed E-state index contributed by atoms with van der Waals surface area (Å²) in [5.41, 5.74) is 1.23. The second kappa shape index (κ2) is 9.07. The number of fused-ring (bicyclic) bond motifs is 1. The summed E-state index contributed by atoms with van der Waals surface area (Å²) in [6.07, 6.45) is 0.236. The normalized spacial score (nSPS) is 12.6. The first kappa shape index (κ1) is 22.5. The summed E-state index contributed by atoms with van der Waals surface area (Å²) in [7, 11) is -0.635. The van der Waals surface area contributed by atoms with E-state index >= 15 is 0 Å². The number of carbonyl (C=O) groups excluding carboxylic acids is 1. The number of carbonyl (C=O) groups is 1. The van der Waals surface area contributed by atoms with Crippen LogP contribution >= 0.6 is 0 Å². The Kier molecular flexibility index (Phi) is 6.19. The average molecular weight is 466 g/mol. The number of nitrogens with zero attached hydrogens (tertiary/aromatic N) is 1. The summed E-state index contributed by atoms with van der Waals surface area (Å²) in [4.78, 5) is 16.9. The van der Waals surface area contributed by atoms with Gasteiger partial charge in [-0.25, -0.2) is 8.42 Å². The summed E-state index contributed by atoms with van der Waals surface area (Å²) >= 11 is 0. The standard InChI is InChI=1S/C24H23N3O5S/c1-27(2)24(29)23(28)21-15-25-22-14-16(8-13-20(21)22)26-33(30,31)19-11-9-18(10-12-19)32-17-6-4-3-5-7-17/h3-15,24-26,29H,1-2H3. The van der Waals surface area contributed by atoms with Gasteiger partial charge in [0, 0.05) is 22.7 Å². The van der Waals surface area contributed by atoms with Crippen LogP contribution in [0.15, 0.2) is 83.9 Å². The van der Waals surface area contributed by atoms with Crippen LogP contribution in [0.4, 0.5) is 5.69 Å². The SMILES string of the molecule is CN(C)C(O)C(=O)c1c[nH]c2cc(NS(=O)(=O)c3ccc(Oc4ccccc4)cc3)ccc12. The molecule has 0 radical (unpaired) electrons. The second-order valence-electron chi connectivity index (χ2n) is 7.66. The number of Topliss-reactive ketones (excluding diaryl/α,β-unsaturated/α-hetero) is 1. The van der Waals surface area contributed by atoms with E-state index in [2.05, 4.69) is 9.71 Å². The Morgan fingerprint density at radius 3 is 2.33 bits per heavy atom. The fourth-order valence-corrected chi connectivity index (χ4v) is 4.34. The fraction of sp³-hybridized carbons (Fsp3) is 0.125. The molecule has 170 valence electrons. The third kappa shape index (κ3) is 4.90. The molecule has 33 heavy (non-hydrogen) atoms. The van der Waals surface area contributed by atoms with Gasteiger partial charge < -0.3 is 14.8 Å². The first-order valence-corrected chi connectivity index (χ1v) is 11.6. The van der Waals surface area contributed by atoms with Crippen molar-refractivity contribution in [3.63, 3.8) is 0 Å². The molecule has 0 spiro atoms. The van der Waals surface area contributed by atoms with Gasteiger partial charge in [0.1, 0.15) is 11.5 Å². The van der Waals surface area contributed by atoms with E-state index in [1.165, 1.54) is 23.2 Å². The number of aromatic amines is 1. The van der Waals surface area contributed by atoms with Crippen molar-refractivity contribution >= 4 is 32.4 Å². The van der Waals surface area contributed by atoms with Gasteiger partial charge in [0.15, 0.2) is 6.23 Å². The number of ether oxygens (including phenoxy) is 1. The average Bonchev–Trinajstić information content (AvgIpc) is 3.22. The number of aliphatic hydroxyl groups is 1. The van der Waals surface area contributed by atoms with Gasteiger partial charge >= 0.3 is 0 Å². The van der Waals surface area contributed by atoms with Gasteiger partial charge in [0.2, 0.25) is 5.78 Å². The molecule has 1 unspecified atom stereocenters. The largest absolute Gasteiger partial charge is 0.457 e. The summed E-state index contributed by atoms with van der Waals surface area (Å²) in [6, 6.07) is 20.1. The zero-order valence-corrected chi connectivity index (χ0v) is 18.8. The van der Waals surface area contributed by atoms with E-state index in [9.17, 15) is 18.3 Å². The first-order chi connectivity index (χ1) is 15.7. The molecule has 8 nitrogen and oxygen atoms in total. The lowest BCUT2D eigenvalue weighted by molar-refractivity contribution is 0.0332. The minimum Gasteiger partial charge on any atom is -0.457 e. The highest BCUT2D eigenvalue weighted by Gasteiger charge is 2.22. The van der Waals surface area contributed by atoms with Crippen LogP contribution in [-0.2, 0) is 10.0 Å². The summed E-state index contributed by atoms with van der Waals surface area (Å²) in [5, 5.41) is 10.6. The number of rotatable bonds is 8. The third-order valence-electron chi connectivity index (χ3n) is 5.04. The Morgan fingerprint density at radius 2 is 1.67 bits per heavy atom. The number of benzene rings is 3. The molecule has 1 atom stereocenters. The number of nitrogens with one attached hydrogen (secondary N) is 2. The minimum absolute atomic E-state index is 0.0828. The van der Waals surface area contributed by atoms with Crippen molar-refractivity contribution in [2.45, 2.75) is 11.1 Å². The van der Waals surface area contributed by atoms with E-state index < -0.39 is 22.0 Å². The van der Waals surface area contributed by atoms with Gasteiger partial charge in [-0.05, 0) is 62.6 Å². The number of aliphatic hydroxyl groups excluding tert-OH is 1. The first-order valence-electron chi connectivity index (χ1n) is 10.1. The zero-order valence-electron chi connectivity index (χ0n) is 18.0. The van der Waals surface area contributed by atoms with Crippen LogP contribution in [0.1, 0.15) is 10.4 Å². The molecule has 0 aliphatic carbocycles. The predicted octanol–water partition coefficient (Wildman–Crippen LogP) is 3.82. The fourth-order valence-electron chi connectivity index (χ4n) is 3.29. The predicted molar refractivity (Wildman–Crippen MR) is 126 cm³/mol. The molecular weight excluding hydrogens is 442 g/mol. The van der Waals surface area contributed by atoms with Crippen LogP contribution < -0.4 is 9.46 Å². The van der Waals surface area contributed by atoms with Gasteiger partial charge in [0.05, 0.1) is 10.6 Å². The van der Waals surface area contributed by atoms with Gasteiger partial charge in [-0.1, -0.05) is 24.3 Å². The topological polar surface area (TPSA) is 112 Å². The van der Waals surface area contributed by atoms with Crippen LogP contribution in [0.5, 0.6) is 11.5 Å². The maximum absolute atomic E-state index is 12.8. The van der Waals surface area contributed by atoms with Gasteiger partial charge in [-0.3, -0.25) is 14.4 Å². The molecule has 1 aromatic heterocycles. The molecular formula is C24H23N3O5S. The molecule has 9 heteroatoms. The maximum atomic E-state index is 12.8. The number of para-hydroxylation sites is 1. The molecule has 1 heterocycles. The van der Waals surface area contributed by atoms with E-state index in [-0.39, 0.29) is 4.90 Å². The van der Waals surface area contributed by atoms with Crippen LogP contribution in [0, 0.1) is 0 Å². The van der Waals surface area contributed by atoms with E-state index in [0.29, 0.717) is 33.7 Å². The molecule has 0 aliphatic heterocycles. The molecule has 0 bridgehead atoms. The van der Waals surface area contributed by atoms with E-state index in [1.807, 2.05) is 30.3 Å². The molecule has 0 aliphatic rings. The highest BCUT2D eigenvalue weighted by Crippen LogP contribution is 2.26. The number of likely N-dealkylation sites (N-methyl/N-ethyl adjacent to an activating group) is 1. The minimum atomic E-state index is -3.84. The molecule has 3 aromatic carbocycles. The van der Waals surface area contributed by atoms with Crippen molar-refractivity contribution in [2.75, 3.05) is 18.8 Å². The number of H-pyrrole nitrogens is 1. The van der Waals surface area contributed by atoms with Crippen molar-refractivity contribution in [3.8, 4) is 11.5 Å². The van der Waals surface area contributed by atoms with E-state index in [4.69, 9.17) is 4.74 Å². The summed E-state index contributed by atoms with van der Waals surface area (Å²) < 4.78 is 33.9. The maximum Gasteiger partial charge on any atom is 0.261 e. The van der Waals surface area contributed by atoms with Crippen molar-refractivity contribution in [1.82, 2.24) is 9.88 Å². The molecule has 4 rings (SSSR count). The Labute approximate surface area is 191 Å². The van der Waals surface area contributed by atoms with Gasteiger partial charge in [-0.15, -0.1) is 0 Å². The zero-order chi connectivity index (χ0) is 23.6. The summed E-state index contributed by atoms with van der Waals surface area (Å²) in [5.74, 6) is 0.726. The highest BCUT2D eigenvalue weighted by molar-refractivity contribution is 7.92.